The van der Waals surface area contributed by atoms with E-state index in [2.05, 4.69) is 23.7 Å². The van der Waals surface area contributed by atoms with Gasteiger partial charge in [-0.1, -0.05) is 13.8 Å². The normalized spacial score (nSPS) is 20.6. The largest absolute Gasteiger partial charge is 0.366 e. The number of H-pyrrole nitrogens is 1. The van der Waals surface area contributed by atoms with Crippen LogP contribution < -0.4 is 5.43 Å². The van der Waals surface area contributed by atoms with E-state index in [1.165, 1.54) is 22.8 Å². The number of aromatic nitrogens is 1. The molecule has 0 radical (unpaired) electrons. The van der Waals surface area contributed by atoms with Crippen LogP contribution in [0.25, 0.3) is 0 Å². The van der Waals surface area contributed by atoms with Gasteiger partial charge in [0.05, 0.1) is 0 Å². The summed E-state index contributed by atoms with van der Waals surface area (Å²) in [6.45, 7) is 6.88. The van der Waals surface area contributed by atoms with Gasteiger partial charge in [-0.3, -0.25) is 9.69 Å². The van der Waals surface area contributed by atoms with Gasteiger partial charge in [0.25, 0.3) is 0 Å². The summed E-state index contributed by atoms with van der Waals surface area (Å²) < 4.78 is 26.4. The Bertz CT molecular complexity index is 607. The first kappa shape index (κ1) is 15.2. The van der Waals surface area contributed by atoms with E-state index in [1.807, 2.05) is 0 Å². The molecule has 112 valence electrons. The molecule has 0 aliphatic carbocycles. The number of nitrogens with zero attached hydrogens (tertiary/aromatic N) is 2. The first-order chi connectivity index (χ1) is 9.50. The molecule has 0 amide bonds. The molecule has 2 rings (SSSR count). The summed E-state index contributed by atoms with van der Waals surface area (Å²) in [5, 5.41) is 0. The summed E-state index contributed by atoms with van der Waals surface area (Å²) in [6, 6.07) is 1.48. The highest BCUT2D eigenvalue weighted by Crippen LogP contribution is 2.21. The molecule has 1 atom stereocenters. The van der Waals surface area contributed by atoms with Crippen LogP contribution in [0.4, 0.5) is 0 Å². The SMILES string of the molecule is CCN(CC)C1CCN(S(=O)(=O)c2c[nH]ccc2=O)C1. The third kappa shape index (κ3) is 2.79. The van der Waals surface area contributed by atoms with E-state index in [0.717, 1.165) is 19.5 Å². The second-order valence-electron chi connectivity index (χ2n) is 4.90. The molecule has 2 heterocycles. The van der Waals surface area contributed by atoms with Crippen LogP contribution in [-0.4, -0.2) is 54.8 Å². The van der Waals surface area contributed by atoms with Crippen molar-refractivity contribution in [3.05, 3.63) is 28.7 Å². The summed E-state index contributed by atoms with van der Waals surface area (Å²) in [4.78, 5) is 16.5. The van der Waals surface area contributed by atoms with Gasteiger partial charge in [-0.05, 0) is 19.5 Å². The number of hydrogen-bond donors (Lipinski definition) is 1. The van der Waals surface area contributed by atoms with E-state index in [0.29, 0.717) is 13.1 Å². The van der Waals surface area contributed by atoms with E-state index in [9.17, 15) is 13.2 Å². The molecule has 0 saturated carbocycles. The van der Waals surface area contributed by atoms with E-state index in [1.54, 1.807) is 0 Å². The fraction of sp³-hybridized carbons (Fsp3) is 0.615. The third-order valence-electron chi connectivity index (χ3n) is 3.86. The molecule has 1 unspecified atom stereocenters. The average Bonchev–Trinajstić information content (AvgIpc) is 2.91. The van der Waals surface area contributed by atoms with Crippen molar-refractivity contribution in [2.24, 2.45) is 0 Å². The van der Waals surface area contributed by atoms with Gasteiger partial charge in [0.1, 0.15) is 4.90 Å². The molecule has 1 fully saturated rings. The van der Waals surface area contributed by atoms with E-state index in [-0.39, 0.29) is 10.9 Å². The Kier molecular flexibility index (Phi) is 4.62. The van der Waals surface area contributed by atoms with Crippen molar-refractivity contribution in [3.8, 4) is 0 Å². The number of hydrogen-bond acceptors (Lipinski definition) is 4. The van der Waals surface area contributed by atoms with Crippen LogP contribution in [-0.2, 0) is 10.0 Å². The molecule has 1 aromatic rings. The second kappa shape index (κ2) is 6.07. The number of aromatic amines is 1. The van der Waals surface area contributed by atoms with Crippen molar-refractivity contribution in [1.29, 1.82) is 0 Å². The van der Waals surface area contributed by atoms with Crippen molar-refractivity contribution in [2.45, 2.75) is 31.2 Å². The number of pyridine rings is 1. The second-order valence-corrected chi connectivity index (χ2v) is 6.81. The summed E-state index contributed by atoms with van der Waals surface area (Å²) in [6.07, 6.45) is 3.51. The van der Waals surface area contributed by atoms with Gasteiger partial charge in [0, 0.05) is 37.6 Å². The van der Waals surface area contributed by atoms with Crippen molar-refractivity contribution in [2.75, 3.05) is 26.2 Å². The Labute approximate surface area is 119 Å². The van der Waals surface area contributed by atoms with Crippen molar-refractivity contribution < 1.29 is 8.42 Å². The topological polar surface area (TPSA) is 73.5 Å². The van der Waals surface area contributed by atoms with Crippen molar-refractivity contribution in [3.63, 3.8) is 0 Å². The van der Waals surface area contributed by atoms with Crippen LogP contribution in [0.3, 0.4) is 0 Å². The van der Waals surface area contributed by atoms with Gasteiger partial charge in [-0.25, -0.2) is 8.42 Å². The highest BCUT2D eigenvalue weighted by molar-refractivity contribution is 7.89. The third-order valence-corrected chi connectivity index (χ3v) is 5.75. The van der Waals surface area contributed by atoms with Crippen LogP contribution >= 0.6 is 0 Å². The van der Waals surface area contributed by atoms with Gasteiger partial charge in [0.2, 0.25) is 15.5 Å². The Balaban J connectivity index is 2.21. The minimum absolute atomic E-state index is 0.166. The molecule has 20 heavy (non-hydrogen) atoms. The smallest absolute Gasteiger partial charge is 0.248 e. The summed E-state index contributed by atoms with van der Waals surface area (Å²) in [5.74, 6) is 0. The molecule has 1 saturated heterocycles. The van der Waals surface area contributed by atoms with Crippen LogP contribution in [0.1, 0.15) is 20.3 Å². The van der Waals surface area contributed by atoms with Gasteiger partial charge in [0.15, 0.2) is 0 Å². The molecular weight excluding hydrogens is 278 g/mol. The maximum absolute atomic E-state index is 12.5. The average molecular weight is 299 g/mol. The minimum atomic E-state index is -3.69. The van der Waals surface area contributed by atoms with Crippen LogP contribution in [0.15, 0.2) is 28.2 Å². The van der Waals surface area contributed by atoms with Gasteiger partial charge >= 0.3 is 0 Å². The fourth-order valence-electron chi connectivity index (χ4n) is 2.71. The Morgan fingerprint density at radius 3 is 2.70 bits per heavy atom. The van der Waals surface area contributed by atoms with Crippen LogP contribution in [0.2, 0.25) is 0 Å². The number of likely N-dealkylation sites (N-methyl/N-ethyl adjacent to an activating group) is 1. The standard InChI is InChI=1S/C13H21N3O3S/c1-3-15(4-2)11-6-8-16(10-11)20(18,19)13-9-14-7-5-12(13)17/h5,7,9,11H,3-4,6,8,10H2,1-2H3,(H,14,17). The van der Waals surface area contributed by atoms with Gasteiger partial charge < -0.3 is 4.98 Å². The quantitative estimate of drug-likeness (QED) is 0.858. The zero-order valence-corrected chi connectivity index (χ0v) is 12.7. The lowest BCUT2D eigenvalue weighted by molar-refractivity contribution is 0.224. The van der Waals surface area contributed by atoms with E-state index >= 15 is 0 Å². The molecule has 1 aliphatic rings. The molecular formula is C13H21N3O3S. The highest BCUT2D eigenvalue weighted by atomic mass is 32.2. The molecule has 1 aliphatic heterocycles. The summed E-state index contributed by atoms with van der Waals surface area (Å²) in [7, 11) is -3.69. The van der Waals surface area contributed by atoms with Crippen molar-refractivity contribution in [1.82, 2.24) is 14.2 Å². The maximum atomic E-state index is 12.5. The zero-order chi connectivity index (χ0) is 14.8. The fourth-order valence-corrected chi connectivity index (χ4v) is 4.24. The van der Waals surface area contributed by atoms with E-state index < -0.39 is 15.5 Å². The molecule has 6 nitrogen and oxygen atoms in total. The molecule has 1 aromatic heterocycles. The Morgan fingerprint density at radius 1 is 1.40 bits per heavy atom. The molecule has 7 heteroatoms. The number of rotatable bonds is 5. The predicted octanol–water partition coefficient (Wildman–Crippen LogP) is 0.480. The molecule has 1 N–H and O–H groups in total. The van der Waals surface area contributed by atoms with Gasteiger partial charge in [-0.15, -0.1) is 0 Å². The predicted molar refractivity (Wildman–Crippen MR) is 77.1 cm³/mol. The summed E-state index contributed by atoms with van der Waals surface area (Å²) in [5.41, 5.74) is -0.463. The van der Waals surface area contributed by atoms with E-state index in [4.69, 9.17) is 0 Å². The number of sulfonamides is 1. The highest BCUT2D eigenvalue weighted by Gasteiger charge is 2.35. The lowest BCUT2D eigenvalue weighted by Gasteiger charge is -2.25. The van der Waals surface area contributed by atoms with Crippen molar-refractivity contribution >= 4 is 10.0 Å². The lowest BCUT2D eigenvalue weighted by atomic mass is 10.2. The molecule has 0 aromatic carbocycles. The Hall–Kier alpha value is -1.18. The first-order valence-corrected chi connectivity index (χ1v) is 8.36. The molecule has 0 bridgehead atoms. The zero-order valence-electron chi connectivity index (χ0n) is 11.9. The summed E-state index contributed by atoms with van der Waals surface area (Å²) >= 11 is 0. The lowest BCUT2D eigenvalue weighted by Crippen LogP contribution is -2.39. The maximum Gasteiger partial charge on any atom is 0.248 e. The minimum Gasteiger partial charge on any atom is -0.366 e. The Morgan fingerprint density at radius 2 is 2.10 bits per heavy atom. The number of nitrogens with one attached hydrogen (secondary N) is 1. The first-order valence-electron chi connectivity index (χ1n) is 6.92. The van der Waals surface area contributed by atoms with Crippen LogP contribution in [0, 0.1) is 0 Å². The van der Waals surface area contributed by atoms with Crippen LogP contribution in [0.5, 0.6) is 0 Å². The molecule has 0 spiro atoms. The van der Waals surface area contributed by atoms with Gasteiger partial charge in [-0.2, -0.15) is 4.31 Å². The monoisotopic (exact) mass is 299 g/mol.